The van der Waals surface area contributed by atoms with Gasteiger partial charge in [-0.1, -0.05) is 25.8 Å². The monoisotopic (exact) mass is 355 g/mol. The third kappa shape index (κ3) is 2.91. The normalized spacial score (nSPS) is 16.6. The van der Waals surface area contributed by atoms with Crippen molar-refractivity contribution in [2.75, 3.05) is 5.32 Å². The van der Waals surface area contributed by atoms with E-state index in [1.54, 1.807) is 18.3 Å². The first-order chi connectivity index (χ1) is 12.2. The van der Waals surface area contributed by atoms with Crippen LogP contribution >= 0.6 is 11.3 Å². The fraction of sp³-hybridized carbons (Fsp3) is 0.368. The van der Waals surface area contributed by atoms with Gasteiger partial charge in [-0.25, -0.2) is 4.98 Å². The van der Waals surface area contributed by atoms with Crippen LogP contribution in [0.1, 0.15) is 33.1 Å². The second-order valence-corrected chi connectivity index (χ2v) is 7.31. The fourth-order valence-corrected chi connectivity index (χ4v) is 3.89. The number of aryl methyl sites for hydroxylation is 1. The third-order valence-electron chi connectivity index (χ3n) is 4.51. The molecule has 0 fully saturated rings. The second kappa shape index (κ2) is 6.52. The average Bonchev–Trinajstić information content (AvgIpc) is 3.22. The van der Waals surface area contributed by atoms with Gasteiger partial charge in [0.25, 0.3) is 5.91 Å². The highest BCUT2D eigenvalue weighted by molar-refractivity contribution is 7.13. The molecule has 0 saturated heterocycles. The maximum Gasteiger partial charge on any atom is 0.265 e. The molecule has 0 radical (unpaired) electrons. The number of ether oxygens (including phenoxy) is 1. The molecule has 1 unspecified atom stereocenters. The zero-order valence-electron chi connectivity index (χ0n) is 14.4. The number of nitrogens with one attached hydrogen (secondary N) is 1. The molecule has 1 amide bonds. The number of aromatic nitrogens is 2. The summed E-state index contributed by atoms with van der Waals surface area (Å²) in [7, 11) is 0. The molecule has 6 heteroatoms. The van der Waals surface area contributed by atoms with Crippen molar-refractivity contribution in [3.8, 4) is 16.5 Å². The number of hydrogen-bond donors (Lipinski definition) is 1. The van der Waals surface area contributed by atoms with E-state index in [0.29, 0.717) is 11.4 Å². The Morgan fingerprint density at radius 3 is 3.00 bits per heavy atom. The first kappa shape index (κ1) is 16.1. The molecular formula is C19H21N3O2S. The molecule has 5 nitrogen and oxygen atoms in total. The number of nitrogens with zero attached hydrogens (tertiary/aromatic N) is 2. The number of anilines is 1. The largest absolute Gasteiger partial charge is 0.479 e. The van der Waals surface area contributed by atoms with E-state index in [9.17, 15) is 4.79 Å². The lowest BCUT2D eigenvalue weighted by atomic mass is 10.2. The summed E-state index contributed by atoms with van der Waals surface area (Å²) in [5.41, 5.74) is 2.64. The molecule has 0 bridgehead atoms. The number of amides is 1. The predicted molar refractivity (Wildman–Crippen MR) is 101 cm³/mol. The summed E-state index contributed by atoms with van der Waals surface area (Å²) in [6, 6.07) is 8.08. The van der Waals surface area contributed by atoms with E-state index in [1.807, 2.05) is 18.2 Å². The zero-order valence-corrected chi connectivity index (χ0v) is 15.2. The molecule has 1 aliphatic heterocycles. The van der Waals surface area contributed by atoms with Gasteiger partial charge in [0, 0.05) is 12.6 Å². The van der Waals surface area contributed by atoms with Gasteiger partial charge in [-0.05, 0) is 30.9 Å². The number of carbonyl (C=O) groups is 1. The lowest BCUT2D eigenvalue weighted by molar-refractivity contribution is -0.122. The Morgan fingerprint density at radius 1 is 1.36 bits per heavy atom. The van der Waals surface area contributed by atoms with Crippen LogP contribution in [0, 0.1) is 0 Å². The zero-order chi connectivity index (χ0) is 17.4. The van der Waals surface area contributed by atoms with Crippen molar-refractivity contribution in [2.24, 2.45) is 0 Å². The topological polar surface area (TPSA) is 56.2 Å². The Hall–Kier alpha value is -2.34. The summed E-state index contributed by atoms with van der Waals surface area (Å²) >= 11 is 1.69. The minimum atomic E-state index is -0.474. The molecule has 1 N–H and O–H groups in total. The van der Waals surface area contributed by atoms with E-state index in [0.717, 1.165) is 34.7 Å². The third-order valence-corrected chi connectivity index (χ3v) is 5.37. The molecule has 3 aromatic rings. The van der Waals surface area contributed by atoms with Crippen molar-refractivity contribution in [3.05, 3.63) is 29.6 Å². The number of carbonyl (C=O) groups excluding carboxylic acids is 1. The van der Waals surface area contributed by atoms with Crippen LogP contribution in [0.4, 0.5) is 5.69 Å². The van der Waals surface area contributed by atoms with Gasteiger partial charge in [0.05, 0.1) is 21.6 Å². The summed E-state index contributed by atoms with van der Waals surface area (Å²) in [6.07, 6.45) is 3.02. The Balaban J connectivity index is 1.84. The molecule has 25 heavy (non-hydrogen) atoms. The minimum Gasteiger partial charge on any atom is -0.479 e. The highest BCUT2D eigenvalue weighted by Crippen LogP contribution is 2.36. The van der Waals surface area contributed by atoms with Crippen LogP contribution < -0.4 is 10.1 Å². The van der Waals surface area contributed by atoms with Gasteiger partial charge in [-0.2, -0.15) is 0 Å². The van der Waals surface area contributed by atoms with Crippen LogP contribution in [-0.4, -0.2) is 21.6 Å². The van der Waals surface area contributed by atoms with Gasteiger partial charge in [0.1, 0.15) is 5.75 Å². The number of benzene rings is 1. The Morgan fingerprint density at radius 2 is 2.24 bits per heavy atom. The molecular weight excluding hydrogens is 334 g/mol. The molecule has 130 valence electrons. The first-order valence-corrected chi connectivity index (χ1v) is 9.61. The van der Waals surface area contributed by atoms with Crippen LogP contribution in [-0.2, 0) is 11.3 Å². The van der Waals surface area contributed by atoms with Crippen molar-refractivity contribution in [3.63, 3.8) is 0 Å². The lowest BCUT2D eigenvalue weighted by Gasteiger charge is -2.23. The number of rotatable bonds is 5. The highest BCUT2D eigenvalue weighted by Gasteiger charge is 2.25. The van der Waals surface area contributed by atoms with Crippen molar-refractivity contribution < 1.29 is 9.53 Å². The Labute approximate surface area is 150 Å². The van der Waals surface area contributed by atoms with E-state index in [-0.39, 0.29) is 5.91 Å². The summed E-state index contributed by atoms with van der Waals surface area (Å²) in [4.78, 5) is 17.9. The van der Waals surface area contributed by atoms with Gasteiger partial charge in [-0.15, -0.1) is 11.3 Å². The molecule has 1 aromatic carbocycles. The van der Waals surface area contributed by atoms with Gasteiger partial charge in [0.15, 0.2) is 11.9 Å². The van der Waals surface area contributed by atoms with Crippen LogP contribution in [0.2, 0.25) is 0 Å². The van der Waals surface area contributed by atoms with Crippen molar-refractivity contribution in [2.45, 2.75) is 45.8 Å². The number of unbranched alkanes of at least 4 members (excludes halogenated alkanes) is 2. The Kier molecular flexibility index (Phi) is 4.21. The molecule has 1 aliphatic rings. The SMILES string of the molecule is CCCCCn1c(-c2cccs2)nc2cc3c(cc21)OC(C)C(=O)N3. The van der Waals surface area contributed by atoms with E-state index < -0.39 is 6.10 Å². The highest BCUT2D eigenvalue weighted by atomic mass is 32.1. The summed E-state index contributed by atoms with van der Waals surface area (Å²) < 4.78 is 8.06. The molecule has 3 heterocycles. The van der Waals surface area contributed by atoms with Crippen LogP contribution in [0.3, 0.4) is 0 Å². The van der Waals surface area contributed by atoms with E-state index in [2.05, 4.69) is 28.3 Å². The minimum absolute atomic E-state index is 0.118. The number of fused-ring (bicyclic) bond motifs is 2. The quantitative estimate of drug-likeness (QED) is 0.676. The molecule has 0 aliphatic carbocycles. The number of imidazole rings is 1. The maximum atomic E-state index is 11.9. The standard InChI is InChI=1S/C19H21N3O2S/c1-3-4-5-8-22-15-11-16-14(21-19(23)12(2)24-16)10-13(15)20-18(22)17-7-6-9-25-17/h6-7,9-12H,3-5,8H2,1-2H3,(H,21,23). The smallest absolute Gasteiger partial charge is 0.265 e. The Bertz CT molecular complexity index is 915. The summed E-state index contributed by atoms with van der Waals surface area (Å²) in [6.45, 7) is 4.90. The fourth-order valence-electron chi connectivity index (χ4n) is 3.17. The number of thiophene rings is 1. The average molecular weight is 355 g/mol. The second-order valence-electron chi connectivity index (χ2n) is 6.36. The molecule has 2 aromatic heterocycles. The van der Waals surface area contributed by atoms with E-state index in [1.165, 1.54) is 12.8 Å². The molecule has 4 rings (SSSR count). The van der Waals surface area contributed by atoms with Gasteiger partial charge < -0.3 is 14.6 Å². The first-order valence-electron chi connectivity index (χ1n) is 8.73. The molecule has 1 atom stereocenters. The maximum absolute atomic E-state index is 11.9. The predicted octanol–water partition coefficient (Wildman–Crippen LogP) is 4.67. The van der Waals surface area contributed by atoms with Crippen molar-refractivity contribution >= 4 is 34.0 Å². The number of hydrogen-bond acceptors (Lipinski definition) is 4. The van der Waals surface area contributed by atoms with Gasteiger partial charge >= 0.3 is 0 Å². The van der Waals surface area contributed by atoms with E-state index in [4.69, 9.17) is 9.72 Å². The van der Waals surface area contributed by atoms with Gasteiger partial charge in [0.2, 0.25) is 0 Å². The van der Waals surface area contributed by atoms with Crippen molar-refractivity contribution in [1.82, 2.24) is 9.55 Å². The van der Waals surface area contributed by atoms with E-state index >= 15 is 0 Å². The van der Waals surface area contributed by atoms with Crippen molar-refractivity contribution in [1.29, 1.82) is 0 Å². The summed E-state index contributed by atoms with van der Waals surface area (Å²) in [5.74, 6) is 1.59. The van der Waals surface area contributed by atoms with Crippen LogP contribution in [0.5, 0.6) is 5.75 Å². The van der Waals surface area contributed by atoms with Gasteiger partial charge in [-0.3, -0.25) is 4.79 Å². The van der Waals surface area contributed by atoms with Crippen LogP contribution in [0.25, 0.3) is 21.7 Å². The molecule has 0 spiro atoms. The molecule has 0 saturated carbocycles. The summed E-state index contributed by atoms with van der Waals surface area (Å²) in [5, 5.41) is 4.98. The lowest BCUT2D eigenvalue weighted by Crippen LogP contribution is -2.34. The van der Waals surface area contributed by atoms with Crippen LogP contribution in [0.15, 0.2) is 29.6 Å².